The van der Waals surface area contributed by atoms with E-state index in [2.05, 4.69) is 19.9 Å². The molecule has 2 heterocycles. The van der Waals surface area contributed by atoms with Crippen molar-refractivity contribution in [2.75, 3.05) is 25.4 Å². The van der Waals surface area contributed by atoms with Crippen LogP contribution in [0.2, 0.25) is 0 Å². The first-order chi connectivity index (χ1) is 13.5. The van der Waals surface area contributed by atoms with Gasteiger partial charge in [-0.15, -0.1) is 0 Å². The maximum absolute atomic E-state index is 12.1. The molecule has 1 aromatic heterocycles. The van der Waals surface area contributed by atoms with E-state index in [4.69, 9.17) is 0 Å². The summed E-state index contributed by atoms with van der Waals surface area (Å²) in [5.41, 5.74) is 0. The van der Waals surface area contributed by atoms with Gasteiger partial charge in [-0.3, -0.25) is 14.8 Å². The third kappa shape index (κ3) is 7.89. The normalized spacial score (nSPS) is 16.2. The molecule has 1 atom stereocenters. The quantitative estimate of drug-likeness (QED) is 0.390. The van der Waals surface area contributed by atoms with Gasteiger partial charge in [0.25, 0.3) is 0 Å². The minimum absolute atomic E-state index is 0.00868. The highest BCUT2D eigenvalue weighted by molar-refractivity contribution is 7.89. The lowest BCUT2D eigenvalue weighted by Crippen LogP contribution is -2.32. The van der Waals surface area contributed by atoms with Gasteiger partial charge in [-0.1, -0.05) is 6.42 Å². The number of alkyl halides is 3. The van der Waals surface area contributed by atoms with Crippen molar-refractivity contribution in [2.45, 2.75) is 38.5 Å². The fourth-order valence-electron chi connectivity index (χ4n) is 2.58. The van der Waals surface area contributed by atoms with Gasteiger partial charge in [0.1, 0.15) is 12.7 Å². The maximum Gasteiger partial charge on any atom is 0.422 e. The highest BCUT2D eigenvalue weighted by Gasteiger charge is 2.29. The van der Waals surface area contributed by atoms with Crippen LogP contribution >= 0.6 is 0 Å². The number of nitrogens with one attached hydrogen (secondary N) is 2. The summed E-state index contributed by atoms with van der Waals surface area (Å²) in [6.07, 6.45) is -1.65. The first kappa shape index (κ1) is 22.9. The van der Waals surface area contributed by atoms with Gasteiger partial charge in [0.2, 0.25) is 15.9 Å². The predicted octanol–water partition coefficient (Wildman–Crippen LogP) is 0.984. The molecular weight excluding hydrogens is 419 g/mol. The summed E-state index contributed by atoms with van der Waals surface area (Å²) in [5, 5.41) is 5.95. The van der Waals surface area contributed by atoms with Crippen molar-refractivity contribution in [3.63, 3.8) is 0 Å². The van der Waals surface area contributed by atoms with Crippen molar-refractivity contribution in [2.24, 2.45) is 0 Å². The predicted molar refractivity (Wildman–Crippen MR) is 94.4 cm³/mol. The number of halogens is 3. The zero-order valence-electron chi connectivity index (χ0n) is 15.6. The Kier molecular flexibility index (Phi) is 7.46. The zero-order chi connectivity index (χ0) is 21.7. The number of carbonyl (C=O) groups is 2. The van der Waals surface area contributed by atoms with Crippen LogP contribution in [0.3, 0.4) is 0 Å². The topological polar surface area (TPSA) is 123 Å². The molecule has 1 aliphatic rings. The summed E-state index contributed by atoms with van der Waals surface area (Å²) in [6.45, 7) is 0.386. The second-order valence-electron chi connectivity index (χ2n) is 6.51. The van der Waals surface area contributed by atoms with Crippen LogP contribution in [0.5, 0.6) is 5.75 Å². The summed E-state index contributed by atoms with van der Waals surface area (Å²) in [7, 11) is -3.65. The van der Waals surface area contributed by atoms with Crippen LogP contribution in [0, 0.1) is 0 Å². The largest absolute Gasteiger partial charge is 0.481 e. The zero-order valence-corrected chi connectivity index (χ0v) is 16.4. The Labute approximate surface area is 165 Å². The molecule has 1 unspecified atom stereocenters. The van der Waals surface area contributed by atoms with E-state index in [0.717, 1.165) is 10.9 Å². The first-order valence-electron chi connectivity index (χ1n) is 8.78. The summed E-state index contributed by atoms with van der Waals surface area (Å²) in [4.78, 5) is 23.8. The summed E-state index contributed by atoms with van der Waals surface area (Å²) in [6, 6.07) is -0.448. The van der Waals surface area contributed by atoms with Crippen molar-refractivity contribution in [3.8, 4) is 5.75 Å². The molecular formula is C15H22F3N5O5S. The number of hydrogen-bond acceptors (Lipinski definition) is 6. The second kappa shape index (κ2) is 9.43. The van der Waals surface area contributed by atoms with E-state index in [-0.39, 0.29) is 24.0 Å². The number of carbonyl (C=O) groups excluding carboxylic acids is 2. The van der Waals surface area contributed by atoms with Gasteiger partial charge in [0.15, 0.2) is 12.4 Å². The van der Waals surface area contributed by atoms with E-state index in [1.54, 1.807) is 0 Å². The molecule has 14 heteroatoms. The Bertz CT molecular complexity index is 827. The molecule has 1 saturated heterocycles. The molecule has 2 N–H and O–H groups in total. The highest BCUT2D eigenvalue weighted by Crippen LogP contribution is 2.18. The molecule has 3 amide bonds. The average Bonchev–Trinajstić information content (AvgIpc) is 3.18. The molecule has 0 radical (unpaired) electrons. The van der Waals surface area contributed by atoms with Crippen molar-refractivity contribution >= 4 is 22.0 Å². The molecule has 0 aliphatic carbocycles. The molecule has 29 heavy (non-hydrogen) atoms. The number of sulfonamides is 1. The van der Waals surface area contributed by atoms with Gasteiger partial charge < -0.3 is 9.64 Å². The van der Waals surface area contributed by atoms with Gasteiger partial charge in [0.05, 0.1) is 18.1 Å². The van der Waals surface area contributed by atoms with Crippen LogP contribution in [0.15, 0.2) is 12.4 Å². The monoisotopic (exact) mass is 441 g/mol. The molecule has 10 nitrogen and oxygen atoms in total. The van der Waals surface area contributed by atoms with Crippen molar-refractivity contribution in [1.29, 1.82) is 0 Å². The molecule has 1 aromatic rings. The fraction of sp³-hybridized carbons (Fsp3) is 0.667. The van der Waals surface area contributed by atoms with Crippen molar-refractivity contribution < 1.29 is 35.9 Å². The highest BCUT2D eigenvalue weighted by atomic mass is 32.2. The first-order valence-corrected chi connectivity index (χ1v) is 10.4. The van der Waals surface area contributed by atoms with Crippen molar-refractivity contribution in [1.82, 2.24) is 24.7 Å². The third-order valence-corrected chi connectivity index (χ3v) is 5.46. The smallest absolute Gasteiger partial charge is 0.422 e. The van der Waals surface area contributed by atoms with Crippen LogP contribution in [-0.4, -0.2) is 66.7 Å². The average molecular weight is 441 g/mol. The maximum atomic E-state index is 12.1. The number of amides is 3. The van der Waals surface area contributed by atoms with E-state index >= 15 is 0 Å². The van der Waals surface area contributed by atoms with Crippen LogP contribution in [-0.2, 0) is 14.8 Å². The molecule has 1 fully saturated rings. The third-order valence-electron chi connectivity index (χ3n) is 3.94. The molecule has 164 valence electrons. The Hall–Kier alpha value is -2.35. The lowest BCUT2D eigenvalue weighted by Gasteiger charge is -2.15. The number of ether oxygens (including phenoxy) is 1. The number of urea groups is 1. The number of imide groups is 1. The van der Waals surface area contributed by atoms with Crippen LogP contribution < -0.4 is 14.8 Å². The molecule has 0 bridgehead atoms. The van der Waals surface area contributed by atoms with E-state index in [9.17, 15) is 31.2 Å². The number of unbranched alkanes of at least 4 members (excludes halogenated alkanes) is 2. The standard InChI is InChI=1S/C15H22F3N5O5S/c1-11(23-8-12(7-19-23)28-10-15(16,17)18)21-29(26,27)6-4-2-3-5-22-9-13(24)20-14(22)25/h7-8,11,21H,2-6,9-10H2,1H3,(H,20,24,25). The van der Waals surface area contributed by atoms with Gasteiger partial charge >= 0.3 is 12.2 Å². The molecule has 0 spiro atoms. The van der Waals surface area contributed by atoms with Gasteiger partial charge in [-0.05, 0) is 19.8 Å². The number of nitrogens with zero attached hydrogens (tertiary/aromatic N) is 3. The van der Waals surface area contributed by atoms with Crippen LogP contribution in [0.4, 0.5) is 18.0 Å². The Morgan fingerprint density at radius 1 is 1.31 bits per heavy atom. The van der Waals surface area contributed by atoms with E-state index in [0.29, 0.717) is 25.8 Å². The molecule has 0 aromatic carbocycles. The molecule has 2 rings (SSSR count). The van der Waals surface area contributed by atoms with E-state index in [1.165, 1.54) is 18.0 Å². The Balaban J connectivity index is 1.71. The number of aromatic nitrogens is 2. The Morgan fingerprint density at radius 3 is 2.66 bits per heavy atom. The SMILES string of the molecule is CC(NS(=O)(=O)CCCCCN1CC(=O)NC1=O)n1cc(OCC(F)(F)F)cn1. The summed E-state index contributed by atoms with van der Waals surface area (Å²) >= 11 is 0. The van der Waals surface area contributed by atoms with Gasteiger partial charge in [0, 0.05) is 6.54 Å². The van der Waals surface area contributed by atoms with Crippen molar-refractivity contribution in [3.05, 3.63) is 12.4 Å². The van der Waals surface area contributed by atoms with Gasteiger partial charge in [-0.25, -0.2) is 13.2 Å². The summed E-state index contributed by atoms with van der Waals surface area (Å²) in [5.74, 6) is -0.652. The Morgan fingerprint density at radius 2 is 2.03 bits per heavy atom. The van der Waals surface area contributed by atoms with Crippen LogP contribution in [0.25, 0.3) is 0 Å². The lowest BCUT2D eigenvalue weighted by atomic mass is 10.2. The minimum atomic E-state index is -4.48. The van der Waals surface area contributed by atoms with E-state index in [1.807, 2.05) is 0 Å². The van der Waals surface area contributed by atoms with E-state index < -0.39 is 35.0 Å². The van der Waals surface area contributed by atoms with Crippen LogP contribution in [0.1, 0.15) is 32.4 Å². The minimum Gasteiger partial charge on any atom is -0.481 e. The second-order valence-corrected chi connectivity index (χ2v) is 8.38. The number of rotatable bonds is 11. The van der Waals surface area contributed by atoms with Gasteiger partial charge in [-0.2, -0.15) is 23.0 Å². The summed E-state index contributed by atoms with van der Waals surface area (Å²) < 4.78 is 68.8. The number of hydrogen-bond donors (Lipinski definition) is 2. The fourth-order valence-corrected chi connectivity index (χ4v) is 3.91. The molecule has 1 aliphatic heterocycles. The molecule has 0 saturated carbocycles. The lowest BCUT2D eigenvalue weighted by molar-refractivity contribution is -0.153.